The summed E-state index contributed by atoms with van der Waals surface area (Å²) in [5, 5.41) is 13.2. The van der Waals surface area contributed by atoms with Crippen molar-refractivity contribution in [3.05, 3.63) is 29.8 Å². The van der Waals surface area contributed by atoms with E-state index in [1.54, 1.807) is 24.3 Å². The number of aliphatic hydroxyl groups is 1. The van der Waals surface area contributed by atoms with Gasteiger partial charge in [0, 0.05) is 12.3 Å². The summed E-state index contributed by atoms with van der Waals surface area (Å²) >= 11 is 0. The van der Waals surface area contributed by atoms with E-state index >= 15 is 0 Å². The summed E-state index contributed by atoms with van der Waals surface area (Å²) in [6, 6.07) is 6.73. The average Bonchev–Trinajstić information content (AvgIpc) is 2.30. The van der Waals surface area contributed by atoms with Crippen molar-refractivity contribution in [1.82, 2.24) is 5.32 Å². The topological polar surface area (TPSA) is 61.4 Å². The van der Waals surface area contributed by atoms with Crippen LogP contribution < -0.4 is 10.6 Å². The summed E-state index contributed by atoms with van der Waals surface area (Å²) in [5.41, 5.74) is 1.41. The van der Waals surface area contributed by atoms with Crippen LogP contribution in [0.2, 0.25) is 0 Å². The fourth-order valence-corrected chi connectivity index (χ4v) is 1.41. The van der Waals surface area contributed by atoms with Gasteiger partial charge in [0.15, 0.2) is 0 Å². The number of aliphatic hydroxyl groups excluding tert-OH is 1. The Bertz CT molecular complexity index is 404. The maximum absolute atomic E-state index is 11.8. The minimum Gasteiger partial charge on any atom is -0.396 e. The largest absolute Gasteiger partial charge is 0.401 e. The molecule has 0 radical (unpaired) electrons. The third kappa shape index (κ3) is 6.78. The number of benzene rings is 1. The highest BCUT2D eigenvalue weighted by Crippen LogP contribution is 2.12. The Morgan fingerprint density at radius 2 is 1.84 bits per heavy atom. The number of carbonyl (C=O) groups excluding carboxylic acids is 1. The van der Waals surface area contributed by atoms with Gasteiger partial charge >= 0.3 is 6.18 Å². The number of anilines is 1. The van der Waals surface area contributed by atoms with Crippen LogP contribution in [0.5, 0.6) is 0 Å². The molecule has 1 aromatic carbocycles. The highest BCUT2D eigenvalue weighted by molar-refractivity contribution is 5.92. The molecule has 0 spiro atoms. The van der Waals surface area contributed by atoms with Gasteiger partial charge in [-0.05, 0) is 24.1 Å². The highest BCUT2D eigenvalue weighted by Gasteiger charge is 2.26. The van der Waals surface area contributed by atoms with Gasteiger partial charge in [0.05, 0.1) is 13.1 Å². The fraction of sp³-hybridized carbons (Fsp3) is 0.417. The Labute approximate surface area is 108 Å². The molecule has 0 saturated heterocycles. The molecule has 1 amide bonds. The van der Waals surface area contributed by atoms with E-state index in [-0.39, 0.29) is 6.61 Å². The van der Waals surface area contributed by atoms with Gasteiger partial charge in [-0.2, -0.15) is 13.2 Å². The number of alkyl halides is 3. The highest BCUT2D eigenvalue weighted by atomic mass is 19.4. The normalized spacial score (nSPS) is 11.4. The summed E-state index contributed by atoms with van der Waals surface area (Å²) < 4.78 is 35.5. The van der Waals surface area contributed by atoms with Crippen LogP contribution >= 0.6 is 0 Å². The van der Waals surface area contributed by atoms with E-state index in [1.165, 1.54) is 0 Å². The molecule has 0 fully saturated rings. The zero-order chi connectivity index (χ0) is 14.3. The van der Waals surface area contributed by atoms with Crippen molar-refractivity contribution >= 4 is 11.6 Å². The second kappa shape index (κ2) is 7.10. The minimum atomic E-state index is -4.33. The van der Waals surface area contributed by atoms with Crippen molar-refractivity contribution < 1.29 is 23.1 Å². The number of rotatable bonds is 6. The molecule has 7 heteroatoms. The average molecular weight is 276 g/mol. The zero-order valence-corrected chi connectivity index (χ0v) is 10.1. The van der Waals surface area contributed by atoms with Crippen molar-refractivity contribution in [2.24, 2.45) is 0 Å². The van der Waals surface area contributed by atoms with E-state index in [0.717, 1.165) is 5.56 Å². The molecule has 3 N–H and O–H groups in total. The number of hydrogen-bond acceptors (Lipinski definition) is 3. The minimum absolute atomic E-state index is 0.0348. The molecule has 0 saturated carbocycles. The zero-order valence-electron chi connectivity index (χ0n) is 10.1. The van der Waals surface area contributed by atoms with Crippen LogP contribution in [0.1, 0.15) is 5.56 Å². The third-order valence-corrected chi connectivity index (χ3v) is 2.25. The van der Waals surface area contributed by atoms with Gasteiger partial charge in [0.2, 0.25) is 5.91 Å². The lowest BCUT2D eigenvalue weighted by Crippen LogP contribution is -2.35. The Morgan fingerprint density at radius 1 is 1.21 bits per heavy atom. The van der Waals surface area contributed by atoms with E-state index in [9.17, 15) is 18.0 Å². The first-order valence-electron chi connectivity index (χ1n) is 5.68. The number of amides is 1. The van der Waals surface area contributed by atoms with Gasteiger partial charge in [-0.25, -0.2) is 0 Å². The molecule has 1 aromatic rings. The smallest absolute Gasteiger partial charge is 0.396 e. The molecule has 0 aliphatic heterocycles. The van der Waals surface area contributed by atoms with Crippen molar-refractivity contribution in [3.63, 3.8) is 0 Å². The van der Waals surface area contributed by atoms with Crippen molar-refractivity contribution in [3.8, 4) is 0 Å². The summed E-state index contributed by atoms with van der Waals surface area (Å²) in [4.78, 5) is 11.3. The Balaban J connectivity index is 2.35. The van der Waals surface area contributed by atoms with Crippen LogP contribution in [-0.2, 0) is 11.2 Å². The molecule has 0 aliphatic rings. The standard InChI is InChI=1S/C12H15F3N2O2/c13-12(14,15)8-16-7-11(19)17-10-3-1-9(2-4-10)5-6-18/h1-4,16,18H,5-8H2,(H,17,19). The van der Waals surface area contributed by atoms with Crippen molar-refractivity contribution in [2.75, 3.05) is 25.0 Å². The maximum atomic E-state index is 11.8. The molecule has 0 unspecified atom stereocenters. The molecule has 0 aliphatic carbocycles. The molecule has 0 heterocycles. The first-order chi connectivity index (χ1) is 8.90. The first-order valence-corrected chi connectivity index (χ1v) is 5.68. The van der Waals surface area contributed by atoms with Gasteiger partial charge in [0.1, 0.15) is 0 Å². The predicted octanol–water partition coefficient (Wildman–Crippen LogP) is 1.31. The molecular formula is C12H15F3N2O2. The molecule has 0 atom stereocenters. The van der Waals surface area contributed by atoms with Gasteiger partial charge in [0.25, 0.3) is 0 Å². The van der Waals surface area contributed by atoms with Gasteiger partial charge < -0.3 is 15.7 Å². The van der Waals surface area contributed by atoms with E-state index in [1.807, 2.05) is 5.32 Å². The SMILES string of the molecule is O=C(CNCC(F)(F)F)Nc1ccc(CCO)cc1. The first kappa shape index (κ1) is 15.5. The van der Waals surface area contributed by atoms with Crippen LogP contribution in [0.15, 0.2) is 24.3 Å². The van der Waals surface area contributed by atoms with Crippen LogP contribution in [0, 0.1) is 0 Å². The molecule has 19 heavy (non-hydrogen) atoms. The summed E-state index contributed by atoms with van der Waals surface area (Å²) in [7, 11) is 0. The molecular weight excluding hydrogens is 261 g/mol. The predicted molar refractivity (Wildman–Crippen MR) is 64.8 cm³/mol. The molecule has 0 aromatic heterocycles. The second-order valence-corrected chi connectivity index (χ2v) is 3.94. The van der Waals surface area contributed by atoms with Crippen LogP contribution in [-0.4, -0.2) is 36.9 Å². The fourth-order valence-electron chi connectivity index (χ4n) is 1.41. The van der Waals surface area contributed by atoms with E-state index < -0.39 is 25.2 Å². The van der Waals surface area contributed by atoms with Gasteiger partial charge in [-0.1, -0.05) is 12.1 Å². The summed E-state index contributed by atoms with van der Waals surface area (Å²) in [6.07, 6.45) is -3.81. The number of nitrogens with one attached hydrogen (secondary N) is 2. The lowest BCUT2D eigenvalue weighted by molar-refractivity contribution is -0.126. The van der Waals surface area contributed by atoms with Crippen molar-refractivity contribution in [2.45, 2.75) is 12.6 Å². The lowest BCUT2D eigenvalue weighted by atomic mass is 10.1. The number of carbonyl (C=O) groups is 1. The molecule has 0 bridgehead atoms. The van der Waals surface area contributed by atoms with Crippen LogP contribution in [0.3, 0.4) is 0 Å². The molecule has 1 rings (SSSR count). The van der Waals surface area contributed by atoms with E-state index in [2.05, 4.69) is 5.32 Å². The molecule has 106 valence electrons. The van der Waals surface area contributed by atoms with E-state index in [4.69, 9.17) is 5.11 Å². The van der Waals surface area contributed by atoms with Gasteiger partial charge in [-0.3, -0.25) is 4.79 Å². The van der Waals surface area contributed by atoms with Crippen LogP contribution in [0.25, 0.3) is 0 Å². The Morgan fingerprint density at radius 3 is 2.37 bits per heavy atom. The second-order valence-electron chi connectivity index (χ2n) is 3.94. The molecule has 4 nitrogen and oxygen atoms in total. The van der Waals surface area contributed by atoms with E-state index in [0.29, 0.717) is 12.1 Å². The Hall–Kier alpha value is -1.60. The number of halogens is 3. The van der Waals surface area contributed by atoms with Gasteiger partial charge in [-0.15, -0.1) is 0 Å². The number of hydrogen-bond donors (Lipinski definition) is 3. The lowest BCUT2D eigenvalue weighted by Gasteiger charge is -2.09. The monoisotopic (exact) mass is 276 g/mol. The van der Waals surface area contributed by atoms with Crippen LogP contribution in [0.4, 0.5) is 18.9 Å². The summed E-state index contributed by atoms with van der Waals surface area (Å²) in [6.45, 7) is -1.57. The quantitative estimate of drug-likeness (QED) is 0.734. The maximum Gasteiger partial charge on any atom is 0.401 e. The third-order valence-electron chi connectivity index (χ3n) is 2.25. The van der Waals surface area contributed by atoms with Crippen molar-refractivity contribution in [1.29, 1.82) is 0 Å². The Kier molecular flexibility index (Phi) is 5.78. The summed E-state index contributed by atoms with van der Waals surface area (Å²) in [5.74, 6) is -0.542.